The monoisotopic (exact) mass is 406 g/mol. The molecular formula is C20H11ClN4O2S. The van der Waals surface area contributed by atoms with E-state index in [-0.39, 0.29) is 6.79 Å². The van der Waals surface area contributed by atoms with Crippen LogP contribution in [0.5, 0.6) is 11.5 Å². The third kappa shape index (κ3) is 2.99. The van der Waals surface area contributed by atoms with Gasteiger partial charge in [0.05, 0.1) is 17.5 Å². The molecular weight excluding hydrogens is 396 g/mol. The van der Waals surface area contributed by atoms with E-state index in [9.17, 15) is 5.26 Å². The van der Waals surface area contributed by atoms with Crippen molar-refractivity contribution in [2.75, 3.05) is 6.79 Å². The maximum Gasteiger partial charge on any atom is 0.231 e. The molecule has 2 aromatic carbocycles. The molecule has 0 amide bonds. The van der Waals surface area contributed by atoms with Crippen molar-refractivity contribution in [2.24, 2.45) is 0 Å². The number of imidazole rings is 1. The molecule has 5 rings (SSSR count). The number of ether oxygens (including phenoxy) is 2. The van der Waals surface area contributed by atoms with Gasteiger partial charge in [-0.3, -0.25) is 0 Å². The van der Waals surface area contributed by atoms with E-state index in [1.54, 1.807) is 10.6 Å². The fourth-order valence-electron chi connectivity index (χ4n) is 2.88. The molecule has 6 nitrogen and oxygen atoms in total. The molecule has 0 spiro atoms. The van der Waals surface area contributed by atoms with Crippen LogP contribution in [0, 0.1) is 11.3 Å². The van der Waals surface area contributed by atoms with Gasteiger partial charge in [0.25, 0.3) is 0 Å². The van der Waals surface area contributed by atoms with Crippen LogP contribution in [-0.4, -0.2) is 21.4 Å². The molecule has 2 aromatic heterocycles. The van der Waals surface area contributed by atoms with Gasteiger partial charge in [0.15, 0.2) is 16.5 Å². The number of halogens is 1. The third-order valence-corrected chi connectivity index (χ3v) is 5.45. The van der Waals surface area contributed by atoms with Crippen molar-refractivity contribution in [2.45, 2.75) is 0 Å². The largest absolute Gasteiger partial charge is 0.454 e. The van der Waals surface area contributed by atoms with E-state index < -0.39 is 0 Å². The Bertz CT molecular complexity index is 1240. The molecule has 0 unspecified atom stereocenters. The van der Waals surface area contributed by atoms with Gasteiger partial charge >= 0.3 is 0 Å². The summed E-state index contributed by atoms with van der Waals surface area (Å²) in [5, 5.41) is 15.4. The van der Waals surface area contributed by atoms with Gasteiger partial charge in [0.2, 0.25) is 11.8 Å². The number of nitriles is 1. The van der Waals surface area contributed by atoms with Crippen molar-refractivity contribution in [1.82, 2.24) is 14.6 Å². The van der Waals surface area contributed by atoms with E-state index in [0.29, 0.717) is 32.1 Å². The number of hydrogen-bond acceptors (Lipinski definition) is 6. The van der Waals surface area contributed by atoms with Crippen LogP contribution in [0.25, 0.3) is 27.9 Å². The predicted molar refractivity (Wildman–Crippen MR) is 107 cm³/mol. The first kappa shape index (κ1) is 16.8. The van der Waals surface area contributed by atoms with Gasteiger partial charge in [-0.1, -0.05) is 41.1 Å². The fourth-order valence-corrected chi connectivity index (χ4v) is 3.85. The molecule has 136 valence electrons. The van der Waals surface area contributed by atoms with E-state index in [2.05, 4.69) is 16.2 Å². The summed E-state index contributed by atoms with van der Waals surface area (Å²) in [6, 6.07) is 15.2. The van der Waals surface area contributed by atoms with Crippen molar-refractivity contribution in [1.29, 1.82) is 5.26 Å². The Morgan fingerprint density at radius 2 is 2.00 bits per heavy atom. The van der Waals surface area contributed by atoms with Gasteiger partial charge in [0.1, 0.15) is 6.07 Å². The van der Waals surface area contributed by atoms with Crippen LogP contribution < -0.4 is 9.47 Å². The van der Waals surface area contributed by atoms with Gasteiger partial charge in [-0.05, 0) is 35.9 Å². The Hall–Kier alpha value is -3.34. The minimum absolute atomic E-state index is 0.216. The van der Waals surface area contributed by atoms with Gasteiger partial charge in [-0.15, -0.1) is 0 Å². The van der Waals surface area contributed by atoms with Crippen LogP contribution in [0.1, 0.15) is 10.6 Å². The molecule has 4 aromatic rings. The average molecular weight is 407 g/mol. The van der Waals surface area contributed by atoms with Crippen molar-refractivity contribution >= 4 is 39.5 Å². The fraction of sp³-hybridized carbons (Fsp3) is 0.0500. The molecule has 3 heterocycles. The SMILES string of the molecule is N#C/C(=C/c1ccc2c(c1)OCO2)c1nn2cc(-c3ccc(Cl)cc3)nc2s1. The lowest BCUT2D eigenvalue weighted by Crippen LogP contribution is -1.92. The van der Waals surface area contributed by atoms with Gasteiger partial charge < -0.3 is 9.47 Å². The summed E-state index contributed by atoms with van der Waals surface area (Å²) in [4.78, 5) is 5.32. The summed E-state index contributed by atoms with van der Waals surface area (Å²) in [5.74, 6) is 1.38. The predicted octanol–water partition coefficient (Wildman–Crippen LogP) is 4.90. The summed E-state index contributed by atoms with van der Waals surface area (Å²) in [5.41, 5.74) is 3.07. The lowest BCUT2D eigenvalue weighted by atomic mass is 10.1. The lowest BCUT2D eigenvalue weighted by Gasteiger charge is -1.98. The topological polar surface area (TPSA) is 72.4 Å². The van der Waals surface area contributed by atoms with Crippen molar-refractivity contribution in [3.05, 3.63) is 64.3 Å². The molecule has 0 saturated carbocycles. The highest BCUT2D eigenvalue weighted by Gasteiger charge is 2.15. The number of nitrogens with zero attached hydrogens (tertiary/aromatic N) is 4. The second-order valence-corrected chi connectivity index (χ2v) is 7.44. The molecule has 0 fully saturated rings. The van der Waals surface area contributed by atoms with Crippen LogP contribution in [0.3, 0.4) is 0 Å². The first-order valence-corrected chi connectivity index (χ1v) is 9.53. The number of rotatable bonds is 3. The molecule has 0 N–H and O–H groups in total. The minimum Gasteiger partial charge on any atom is -0.454 e. The molecule has 1 aliphatic rings. The molecule has 0 aliphatic carbocycles. The lowest BCUT2D eigenvalue weighted by molar-refractivity contribution is 0.174. The van der Waals surface area contributed by atoms with E-state index in [4.69, 9.17) is 21.1 Å². The Morgan fingerprint density at radius 3 is 2.79 bits per heavy atom. The zero-order chi connectivity index (χ0) is 19.1. The number of aromatic nitrogens is 3. The van der Waals surface area contributed by atoms with E-state index in [0.717, 1.165) is 16.8 Å². The average Bonchev–Trinajstić information content (AvgIpc) is 3.40. The zero-order valence-electron chi connectivity index (χ0n) is 14.3. The quantitative estimate of drug-likeness (QED) is 0.452. The normalized spacial score (nSPS) is 13.1. The van der Waals surface area contributed by atoms with Gasteiger partial charge in [-0.2, -0.15) is 10.4 Å². The number of fused-ring (bicyclic) bond motifs is 2. The highest BCUT2D eigenvalue weighted by Crippen LogP contribution is 2.34. The maximum absolute atomic E-state index is 9.61. The second-order valence-electron chi connectivity index (χ2n) is 6.05. The van der Waals surface area contributed by atoms with Crippen LogP contribution in [0.2, 0.25) is 5.02 Å². The maximum atomic E-state index is 9.61. The highest BCUT2D eigenvalue weighted by atomic mass is 35.5. The minimum atomic E-state index is 0.216. The van der Waals surface area contributed by atoms with E-state index in [1.807, 2.05) is 48.7 Å². The highest BCUT2D eigenvalue weighted by molar-refractivity contribution is 7.17. The van der Waals surface area contributed by atoms with E-state index >= 15 is 0 Å². The summed E-state index contributed by atoms with van der Waals surface area (Å²) >= 11 is 7.30. The summed E-state index contributed by atoms with van der Waals surface area (Å²) in [7, 11) is 0. The van der Waals surface area contributed by atoms with Gasteiger partial charge in [0, 0.05) is 10.6 Å². The Balaban J connectivity index is 1.48. The Kier molecular flexibility index (Phi) is 4.01. The smallest absolute Gasteiger partial charge is 0.231 e. The summed E-state index contributed by atoms with van der Waals surface area (Å²) in [6.07, 6.45) is 3.62. The van der Waals surface area contributed by atoms with Crippen LogP contribution in [0.4, 0.5) is 0 Å². The standard InChI is InChI=1S/C20H11ClN4O2S/c21-15-4-2-13(3-5-15)16-10-25-20(23-16)28-19(24-25)14(9-22)7-12-1-6-17-18(8-12)27-11-26-17/h1-8,10H,11H2/b14-7-. The molecule has 0 bridgehead atoms. The Morgan fingerprint density at radius 1 is 1.18 bits per heavy atom. The van der Waals surface area contributed by atoms with Crippen LogP contribution in [-0.2, 0) is 0 Å². The molecule has 0 radical (unpaired) electrons. The number of benzene rings is 2. The molecule has 0 saturated heterocycles. The van der Waals surface area contributed by atoms with Crippen molar-refractivity contribution in [3.63, 3.8) is 0 Å². The first-order chi connectivity index (χ1) is 13.7. The molecule has 0 atom stereocenters. The summed E-state index contributed by atoms with van der Waals surface area (Å²) < 4.78 is 12.4. The first-order valence-electron chi connectivity index (χ1n) is 8.33. The second kappa shape index (κ2) is 6.68. The Labute approximate surface area is 168 Å². The van der Waals surface area contributed by atoms with Crippen LogP contribution in [0.15, 0.2) is 48.7 Å². The number of hydrogen-bond donors (Lipinski definition) is 0. The summed E-state index contributed by atoms with van der Waals surface area (Å²) in [6.45, 7) is 0.216. The molecule has 28 heavy (non-hydrogen) atoms. The van der Waals surface area contributed by atoms with Crippen molar-refractivity contribution in [3.8, 4) is 28.8 Å². The number of allylic oxidation sites excluding steroid dienone is 1. The molecule has 1 aliphatic heterocycles. The van der Waals surface area contributed by atoms with Crippen LogP contribution >= 0.6 is 22.9 Å². The van der Waals surface area contributed by atoms with E-state index in [1.165, 1.54) is 11.3 Å². The molecule has 8 heteroatoms. The van der Waals surface area contributed by atoms with Gasteiger partial charge in [-0.25, -0.2) is 9.50 Å². The zero-order valence-corrected chi connectivity index (χ0v) is 15.9. The van der Waals surface area contributed by atoms with Crippen molar-refractivity contribution < 1.29 is 9.47 Å². The third-order valence-electron chi connectivity index (χ3n) is 4.24.